The molecule has 1 aromatic rings. The molecule has 0 N–H and O–H groups in total. The van der Waals surface area contributed by atoms with Crippen LogP contribution in [0.4, 0.5) is 4.39 Å². The number of Topliss-reactive ketones (excluding diaryl/α,β-unsaturated/α-hetero) is 1. The van der Waals surface area contributed by atoms with Crippen LogP contribution in [0.5, 0.6) is 0 Å². The predicted octanol–water partition coefficient (Wildman–Crippen LogP) is 2.68. The van der Waals surface area contributed by atoms with Crippen molar-refractivity contribution in [1.29, 1.82) is 0 Å². The number of halogens is 1. The number of carbonyl (C=O) groups is 2. The summed E-state index contributed by atoms with van der Waals surface area (Å²) in [5.41, 5.74) is 1.85. The van der Waals surface area contributed by atoms with Crippen molar-refractivity contribution in [1.82, 2.24) is 0 Å². The van der Waals surface area contributed by atoms with Gasteiger partial charge in [0.1, 0.15) is 5.82 Å². The molecule has 0 aromatic heterocycles. The molecule has 1 atom stereocenters. The zero-order chi connectivity index (χ0) is 13.9. The van der Waals surface area contributed by atoms with Crippen molar-refractivity contribution in [3.63, 3.8) is 0 Å². The van der Waals surface area contributed by atoms with E-state index in [0.717, 1.165) is 5.56 Å². The summed E-state index contributed by atoms with van der Waals surface area (Å²) in [7, 11) is 0. The van der Waals surface area contributed by atoms with E-state index in [1.165, 1.54) is 13.0 Å². The van der Waals surface area contributed by atoms with Gasteiger partial charge >= 0.3 is 5.97 Å². The minimum atomic E-state index is -0.912. The molecule has 0 saturated heterocycles. The molecule has 1 unspecified atom stereocenters. The molecular weight excluding hydrogens is 235 g/mol. The van der Waals surface area contributed by atoms with E-state index in [4.69, 9.17) is 0 Å². The van der Waals surface area contributed by atoms with Gasteiger partial charge in [0.05, 0.1) is 12.5 Å². The predicted molar refractivity (Wildman–Crippen MR) is 65.9 cm³/mol. The summed E-state index contributed by atoms with van der Waals surface area (Å²) in [6.45, 7) is 6.84. The highest BCUT2D eigenvalue weighted by atomic mass is 19.1. The van der Waals surface area contributed by atoms with E-state index >= 15 is 0 Å². The van der Waals surface area contributed by atoms with Gasteiger partial charge in [-0.2, -0.15) is 0 Å². The van der Waals surface area contributed by atoms with Gasteiger partial charge in [-0.05, 0) is 38.0 Å². The minimum absolute atomic E-state index is 0.132. The Hall–Kier alpha value is -1.71. The molecule has 1 aromatic carbocycles. The van der Waals surface area contributed by atoms with Gasteiger partial charge in [-0.25, -0.2) is 9.18 Å². The Bertz CT molecular complexity index is 480. The molecule has 0 aliphatic heterocycles. The summed E-state index contributed by atoms with van der Waals surface area (Å²) >= 11 is 0. The number of rotatable bonds is 4. The first-order valence-corrected chi connectivity index (χ1v) is 5.86. The van der Waals surface area contributed by atoms with Crippen molar-refractivity contribution in [2.45, 2.75) is 33.6 Å². The van der Waals surface area contributed by atoms with E-state index in [0.29, 0.717) is 5.56 Å². The summed E-state index contributed by atoms with van der Waals surface area (Å²) in [5, 5.41) is 0. The summed E-state index contributed by atoms with van der Waals surface area (Å²) in [6.07, 6.45) is 0. The van der Waals surface area contributed by atoms with E-state index in [2.05, 4.69) is 4.74 Å². The van der Waals surface area contributed by atoms with Crippen LogP contribution in [0, 0.1) is 19.7 Å². The molecular formula is C14H17FO3. The second-order valence-corrected chi connectivity index (χ2v) is 4.21. The Morgan fingerprint density at radius 2 is 1.94 bits per heavy atom. The van der Waals surface area contributed by atoms with Crippen LogP contribution in [0.15, 0.2) is 12.1 Å². The number of ketones is 1. The highest BCUT2D eigenvalue weighted by molar-refractivity contribution is 6.35. The summed E-state index contributed by atoms with van der Waals surface area (Å²) in [6, 6.07) is 2.96. The van der Waals surface area contributed by atoms with Crippen LogP contribution in [0.25, 0.3) is 0 Å². The lowest BCUT2D eigenvalue weighted by atomic mass is 9.90. The van der Waals surface area contributed by atoms with Gasteiger partial charge in [-0.15, -0.1) is 0 Å². The molecule has 98 valence electrons. The molecule has 0 bridgehead atoms. The van der Waals surface area contributed by atoms with Gasteiger partial charge in [0, 0.05) is 5.56 Å². The summed E-state index contributed by atoms with van der Waals surface area (Å²) in [4.78, 5) is 23.2. The van der Waals surface area contributed by atoms with E-state index < -0.39 is 23.5 Å². The van der Waals surface area contributed by atoms with Crippen molar-refractivity contribution >= 4 is 11.8 Å². The van der Waals surface area contributed by atoms with Crippen molar-refractivity contribution in [2.75, 3.05) is 6.61 Å². The van der Waals surface area contributed by atoms with Crippen LogP contribution < -0.4 is 0 Å². The highest BCUT2D eigenvalue weighted by Gasteiger charge is 2.27. The molecule has 0 spiro atoms. The Morgan fingerprint density at radius 3 is 2.50 bits per heavy atom. The zero-order valence-corrected chi connectivity index (χ0v) is 11.0. The first-order chi connectivity index (χ1) is 8.40. The fourth-order valence-corrected chi connectivity index (χ4v) is 1.85. The SMILES string of the molecule is CCOC(=O)C(=O)C(C)c1c(F)ccc(C)c1C. The molecule has 0 heterocycles. The third-order valence-corrected chi connectivity index (χ3v) is 3.04. The lowest BCUT2D eigenvalue weighted by Gasteiger charge is -2.15. The average Bonchev–Trinajstić information content (AvgIpc) is 2.33. The maximum atomic E-state index is 13.8. The van der Waals surface area contributed by atoms with Gasteiger partial charge in [0.25, 0.3) is 0 Å². The van der Waals surface area contributed by atoms with Crippen molar-refractivity contribution in [2.24, 2.45) is 0 Å². The van der Waals surface area contributed by atoms with E-state index in [1.54, 1.807) is 19.9 Å². The Morgan fingerprint density at radius 1 is 1.33 bits per heavy atom. The third-order valence-electron chi connectivity index (χ3n) is 3.04. The number of ether oxygens (including phenoxy) is 1. The first-order valence-electron chi connectivity index (χ1n) is 5.86. The van der Waals surface area contributed by atoms with Crippen LogP contribution in [0.3, 0.4) is 0 Å². The van der Waals surface area contributed by atoms with E-state index in [1.807, 2.05) is 6.92 Å². The standard InChI is InChI=1S/C14H17FO3/c1-5-18-14(17)13(16)10(4)12-9(3)8(2)6-7-11(12)15/h6-7,10H,5H2,1-4H3. The molecule has 0 radical (unpaired) electrons. The number of aryl methyl sites for hydroxylation is 1. The molecule has 18 heavy (non-hydrogen) atoms. The lowest BCUT2D eigenvalue weighted by molar-refractivity contribution is -0.154. The second-order valence-electron chi connectivity index (χ2n) is 4.21. The third kappa shape index (κ3) is 2.75. The molecule has 0 aliphatic rings. The van der Waals surface area contributed by atoms with Gasteiger partial charge in [0.2, 0.25) is 5.78 Å². The molecule has 0 aliphatic carbocycles. The van der Waals surface area contributed by atoms with Crippen LogP contribution in [0.1, 0.15) is 36.5 Å². The van der Waals surface area contributed by atoms with Gasteiger partial charge in [-0.3, -0.25) is 4.79 Å². The Labute approximate surface area is 106 Å². The van der Waals surface area contributed by atoms with Crippen LogP contribution in [0.2, 0.25) is 0 Å². The van der Waals surface area contributed by atoms with Crippen LogP contribution in [-0.4, -0.2) is 18.4 Å². The number of hydrogen-bond donors (Lipinski definition) is 0. The number of carbonyl (C=O) groups excluding carboxylic acids is 2. The summed E-state index contributed by atoms with van der Waals surface area (Å²) in [5.74, 6) is -2.93. The van der Waals surface area contributed by atoms with Crippen molar-refractivity contribution < 1.29 is 18.7 Å². The minimum Gasteiger partial charge on any atom is -0.460 e. The quantitative estimate of drug-likeness (QED) is 0.611. The number of benzene rings is 1. The molecule has 4 heteroatoms. The Kier molecular flexibility index (Phi) is 4.59. The largest absolute Gasteiger partial charge is 0.460 e. The second kappa shape index (κ2) is 5.76. The van der Waals surface area contributed by atoms with E-state index in [-0.39, 0.29) is 12.2 Å². The lowest BCUT2D eigenvalue weighted by Crippen LogP contribution is -2.24. The maximum Gasteiger partial charge on any atom is 0.375 e. The normalized spacial score (nSPS) is 12.1. The number of esters is 1. The van der Waals surface area contributed by atoms with Crippen LogP contribution in [-0.2, 0) is 14.3 Å². The average molecular weight is 252 g/mol. The smallest absolute Gasteiger partial charge is 0.375 e. The van der Waals surface area contributed by atoms with Crippen molar-refractivity contribution in [3.8, 4) is 0 Å². The van der Waals surface area contributed by atoms with E-state index in [9.17, 15) is 14.0 Å². The van der Waals surface area contributed by atoms with Gasteiger partial charge < -0.3 is 4.74 Å². The molecule has 0 amide bonds. The zero-order valence-electron chi connectivity index (χ0n) is 11.0. The molecule has 0 saturated carbocycles. The first kappa shape index (κ1) is 14.4. The fraction of sp³-hybridized carbons (Fsp3) is 0.429. The Balaban J connectivity index is 3.11. The summed E-state index contributed by atoms with van der Waals surface area (Å²) < 4.78 is 18.4. The monoisotopic (exact) mass is 252 g/mol. The highest BCUT2D eigenvalue weighted by Crippen LogP contribution is 2.26. The maximum absolute atomic E-state index is 13.8. The topological polar surface area (TPSA) is 43.4 Å². The molecule has 1 rings (SSSR count). The van der Waals surface area contributed by atoms with Gasteiger partial charge in [0.15, 0.2) is 0 Å². The molecule has 3 nitrogen and oxygen atoms in total. The fourth-order valence-electron chi connectivity index (χ4n) is 1.85. The van der Waals surface area contributed by atoms with Gasteiger partial charge in [-0.1, -0.05) is 13.0 Å². The van der Waals surface area contributed by atoms with Crippen LogP contribution >= 0.6 is 0 Å². The number of hydrogen-bond acceptors (Lipinski definition) is 3. The van der Waals surface area contributed by atoms with Crippen molar-refractivity contribution in [3.05, 3.63) is 34.6 Å². The molecule has 0 fully saturated rings.